The van der Waals surface area contributed by atoms with Crippen LogP contribution in [0.4, 0.5) is 0 Å². The molecule has 28 heavy (non-hydrogen) atoms. The number of aryl methyl sites for hydroxylation is 1. The van der Waals surface area contributed by atoms with Gasteiger partial charge in [0.1, 0.15) is 12.4 Å². The van der Waals surface area contributed by atoms with Gasteiger partial charge in [0.2, 0.25) is 5.91 Å². The Balaban J connectivity index is 1.75. The number of likely N-dealkylation sites (N-methyl/N-ethyl adjacent to an activating group) is 1. The summed E-state index contributed by atoms with van der Waals surface area (Å²) >= 11 is 5.96. The molecule has 0 bridgehead atoms. The van der Waals surface area contributed by atoms with Crippen LogP contribution in [0.3, 0.4) is 0 Å². The van der Waals surface area contributed by atoms with E-state index < -0.39 is 0 Å². The van der Waals surface area contributed by atoms with Crippen LogP contribution in [0.2, 0.25) is 5.02 Å². The Morgan fingerprint density at radius 2 is 1.89 bits per heavy atom. The number of aromatic nitrogens is 3. The quantitative estimate of drug-likeness (QED) is 0.707. The second kappa shape index (κ2) is 9.39. The number of amides is 1. The van der Waals surface area contributed by atoms with Crippen LogP contribution in [0.5, 0.6) is 0 Å². The predicted molar refractivity (Wildman–Crippen MR) is 109 cm³/mol. The maximum Gasteiger partial charge on any atom is 0.346 e. The maximum absolute atomic E-state index is 13.0. The molecule has 2 aromatic rings. The summed E-state index contributed by atoms with van der Waals surface area (Å²) in [4.78, 5) is 29.5. The van der Waals surface area contributed by atoms with E-state index in [1.54, 1.807) is 9.47 Å². The van der Waals surface area contributed by atoms with Gasteiger partial charge in [-0.25, -0.2) is 9.48 Å². The number of nitrogens with zero attached hydrogens (tertiary/aromatic N) is 5. The Labute approximate surface area is 170 Å². The number of hydrogen-bond acceptors (Lipinski definition) is 4. The number of halogens is 1. The number of carbonyl (C=O) groups excluding carboxylic acids is 1. The number of fused-ring (bicyclic) bond motifs is 1. The van der Waals surface area contributed by atoms with Crippen LogP contribution in [0.15, 0.2) is 29.1 Å². The van der Waals surface area contributed by atoms with Gasteiger partial charge >= 0.3 is 5.69 Å². The van der Waals surface area contributed by atoms with E-state index in [1.165, 1.54) is 4.68 Å². The molecule has 1 aliphatic heterocycles. The molecule has 0 saturated heterocycles. The zero-order valence-corrected chi connectivity index (χ0v) is 17.4. The van der Waals surface area contributed by atoms with Gasteiger partial charge in [-0.15, -0.1) is 0 Å². The van der Waals surface area contributed by atoms with Gasteiger partial charge in [-0.1, -0.05) is 30.2 Å². The van der Waals surface area contributed by atoms with Crippen molar-refractivity contribution in [1.29, 1.82) is 0 Å². The van der Waals surface area contributed by atoms with Gasteiger partial charge in [0.15, 0.2) is 0 Å². The number of carbonyl (C=O) groups is 1. The standard InChI is InChI=1S/C20H28ClN5O2/c1-23(2)12-13-24(14-16-7-9-17(21)10-8-16)19(27)15-26-20(28)25-11-5-3-4-6-18(25)22-26/h7-10H,3-6,11-15H2,1-2H3. The van der Waals surface area contributed by atoms with Crippen molar-refractivity contribution in [2.24, 2.45) is 0 Å². The van der Waals surface area contributed by atoms with Crippen LogP contribution in [-0.2, 0) is 30.8 Å². The lowest BCUT2D eigenvalue weighted by atomic mass is 10.2. The third-order valence-corrected chi connectivity index (χ3v) is 5.28. The molecular formula is C20H28ClN5O2. The molecule has 0 spiro atoms. The maximum atomic E-state index is 13.0. The van der Waals surface area contributed by atoms with E-state index >= 15 is 0 Å². The molecule has 152 valence electrons. The second-order valence-corrected chi connectivity index (χ2v) is 8.00. The molecule has 0 N–H and O–H groups in total. The average Bonchev–Trinajstić information content (AvgIpc) is 2.83. The Morgan fingerprint density at radius 3 is 2.61 bits per heavy atom. The summed E-state index contributed by atoms with van der Waals surface area (Å²) in [6, 6.07) is 7.48. The van der Waals surface area contributed by atoms with Crippen molar-refractivity contribution in [1.82, 2.24) is 24.1 Å². The predicted octanol–water partition coefficient (Wildman–Crippen LogP) is 2.01. The highest BCUT2D eigenvalue weighted by Crippen LogP contribution is 2.13. The van der Waals surface area contributed by atoms with Gasteiger partial charge in [0.05, 0.1) is 0 Å². The fourth-order valence-electron chi connectivity index (χ4n) is 3.38. The molecule has 3 rings (SSSR count). The summed E-state index contributed by atoms with van der Waals surface area (Å²) in [6.07, 6.45) is 3.93. The van der Waals surface area contributed by atoms with E-state index in [2.05, 4.69) is 5.10 Å². The summed E-state index contributed by atoms with van der Waals surface area (Å²) in [5, 5.41) is 5.11. The molecule has 0 saturated carbocycles. The molecule has 8 heteroatoms. The molecule has 1 aromatic heterocycles. The highest BCUT2D eigenvalue weighted by Gasteiger charge is 2.20. The van der Waals surface area contributed by atoms with Gasteiger partial charge in [0.25, 0.3) is 0 Å². The molecule has 0 atom stereocenters. The van der Waals surface area contributed by atoms with Gasteiger partial charge in [-0.2, -0.15) is 5.10 Å². The molecule has 1 aromatic carbocycles. The fraction of sp³-hybridized carbons (Fsp3) is 0.550. The molecule has 1 aliphatic rings. The summed E-state index contributed by atoms with van der Waals surface area (Å²) in [5.41, 5.74) is 0.828. The minimum Gasteiger partial charge on any atom is -0.335 e. The van der Waals surface area contributed by atoms with Crippen molar-refractivity contribution in [3.05, 3.63) is 51.2 Å². The van der Waals surface area contributed by atoms with Gasteiger partial charge < -0.3 is 9.80 Å². The first-order valence-electron chi connectivity index (χ1n) is 9.77. The molecule has 0 aliphatic carbocycles. The minimum atomic E-state index is -0.177. The molecule has 2 heterocycles. The molecule has 1 amide bonds. The number of rotatable bonds is 7. The Morgan fingerprint density at radius 1 is 1.14 bits per heavy atom. The van der Waals surface area contributed by atoms with E-state index in [1.807, 2.05) is 43.3 Å². The lowest BCUT2D eigenvalue weighted by Crippen LogP contribution is -2.40. The molecule has 0 radical (unpaired) electrons. The van der Waals surface area contributed by atoms with Gasteiger partial charge in [-0.05, 0) is 44.6 Å². The van der Waals surface area contributed by atoms with Gasteiger partial charge in [0, 0.05) is 37.6 Å². The molecular weight excluding hydrogens is 378 g/mol. The normalized spacial score (nSPS) is 14.0. The zero-order valence-electron chi connectivity index (χ0n) is 16.6. The molecule has 7 nitrogen and oxygen atoms in total. The topological polar surface area (TPSA) is 63.4 Å². The van der Waals surface area contributed by atoms with Crippen molar-refractivity contribution < 1.29 is 4.79 Å². The monoisotopic (exact) mass is 405 g/mol. The highest BCUT2D eigenvalue weighted by molar-refractivity contribution is 6.30. The van der Waals surface area contributed by atoms with Crippen LogP contribution in [0.1, 0.15) is 30.7 Å². The van der Waals surface area contributed by atoms with Crippen molar-refractivity contribution in [2.75, 3.05) is 27.2 Å². The van der Waals surface area contributed by atoms with E-state index in [0.717, 1.165) is 43.6 Å². The number of benzene rings is 1. The van der Waals surface area contributed by atoms with Crippen molar-refractivity contribution in [2.45, 2.75) is 45.3 Å². The first kappa shape index (κ1) is 20.6. The second-order valence-electron chi connectivity index (χ2n) is 7.56. The van der Waals surface area contributed by atoms with Gasteiger partial charge in [-0.3, -0.25) is 9.36 Å². The van der Waals surface area contributed by atoms with Crippen LogP contribution >= 0.6 is 11.6 Å². The Kier molecular flexibility index (Phi) is 6.91. The van der Waals surface area contributed by atoms with Crippen LogP contribution in [0.25, 0.3) is 0 Å². The third kappa shape index (κ3) is 5.23. The van der Waals surface area contributed by atoms with Crippen molar-refractivity contribution in [3.63, 3.8) is 0 Å². The molecule has 0 unspecified atom stereocenters. The zero-order chi connectivity index (χ0) is 20.1. The average molecular weight is 406 g/mol. The van der Waals surface area contributed by atoms with Crippen LogP contribution in [-0.4, -0.2) is 57.2 Å². The summed E-state index contributed by atoms with van der Waals surface area (Å²) in [7, 11) is 3.95. The summed E-state index contributed by atoms with van der Waals surface area (Å²) < 4.78 is 3.05. The van der Waals surface area contributed by atoms with Crippen LogP contribution < -0.4 is 5.69 Å². The first-order chi connectivity index (χ1) is 13.4. The lowest BCUT2D eigenvalue weighted by Gasteiger charge is -2.24. The minimum absolute atomic E-state index is 0.0279. The van der Waals surface area contributed by atoms with E-state index in [9.17, 15) is 9.59 Å². The fourth-order valence-corrected chi connectivity index (χ4v) is 3.51. The van der Waals surface area contributed by atoms with E-state index in [0.29, 0.717) is 24.7 Å². The summed E-state index contributed by atoms with van der Waals surface area (Å²) in [6.45, 7) is 2.47. The third-order valence-electron chi connectivity index (χ3n) is 5.02. The van der Waals surface area contributed by atoms with Crippen LogP contribution in [0, 0.1) is 0 Å². The van der Waals surface area contributed by atoms with Crippen molar-refractivity contribution in [3.8, 4) is 0 Å². The first-order valence-corrected chi connectivity index (χ1v) is 10.2. The lowest BCUT2D eigenvalue weighted by molar-refractivity contribution is -0.132. The SMILES string of the molecule is CN(C)CCN(Cc1ccc(Cl)cc1)C(=O)Cn1nc2n(c1=O)CCCCC2. The largest absolute Gasteiger partial charge is 0.346 e. The Hall–Kier alpha value is -2.12. The highest BCUT2D eigenvalue weighted by atomic mass is 35.5. The Bertz CT molecular complexity index is 856. The molecule has 0 fully saturated rings. The summed E-state index contributed by atoms with van der Waals surface area (Å²) in [5.74, 6) is 0.694. The smallest absolute Gasteiger partial charge is 0.335 e. The van der Waals surface area contributed by atoms with E-state index in [4.69, 9.17) is 11.6 Å². The van der Waals surface area contributed by atoms with E-state index in [-0.39, 0.29) is 18.1 Å². The van der Waals surface area contributed by atoms with Crippen molar-refractivity contribution >= 4 is 17.5 Å². The number of hydrogen-bond donors (Lipinski definition) is 0.